The van der Waals surface area contributed by atoms with Gasteiger partial charge in [-0.3, -0.25) is 9.88 Å². The van der Waals surface area contributed by atoms with Crippen molar-refractivity contribution in [2.45, 2.75) is 52.4 Å². The minimum absolute atomic E-state index is 0.144. The molecule has 258 valence electrons. The van der Waals surface area contributed by atoms with Crippen molar-refractivity contribution in [1.82, 2.24) is 9.97 Å². The van der Waals surface area contributed by atoms with Crippen LogP contribution in [0.4, 0.5) is 17.2 Å². The summed E-state index contributed by atoms with van der Waals surface area (Å²) in [4.78, 5) is 12.4. The van der Waals surface area contributed by atoms with Gasteiger partial charge in [0.05, 0.1) is 17.1 Å². The first-order valence-electron chi connectivity index (χ1n) is 17.9. The molecule has 4 nitrogen and oxygen atoms in total. The Balaban J connectivity index is 1.55. The van der Waals surface area contributed by atoms with Crippen molar-refractivity contribution >= 4 is 17.2 Å². The van der Waals surface area contributed by atoms with E-state index in [0.29, 0.717) is 5.69 Å². The van der Waals surface area contributed by atoms with Gasteiger partial charge in [0.25, 0.3) is 0 Å². The van der Waals surface area contributed by atoms with E-state index in [1.54, 1.807) is 0 Å². The highest BCUT2D eigenvalue weighted by Gasteiger charge is 2.27. The van der Waals surface area contributed by atoms with E-state index in [9.17, 15) is 5.11 Å². The van der Waals surface area contributed by atoms with Gasteiger partial charge in [0.2, 0.25) is 0 Å². The molecule has 7 aromatic rings. The van der Waals surface area contributed by atoms with Crippen LogP contribution in [0.5, 0.6) is 5.75 Å². The predicted molar refractivity (Wildman–Crippen MR) is 218 cm³/mol. The van der Waals surface area contributed by atoms with Crippen molar-refractivity contribution in [3.63, 3.8) is 0 Å². The average molecular weight is 680 g/mol. The van der Waals surface area contributed by atoms with Crippen LogP contribution in [-0.2, 0) is 10.8 Å². The topological polar surface area (TPSA) is 49.2 Å². The van der Waals surface area contributed by atoms with Crippen LogP contribution in [0.25, 0.3) is 44.8 Å². The van der Waals surface area contributed by atoms with Crippen LogP contribution in [0.1, 0.15) is 52.7 Å². The van der Waals surface area contributed by atoms with Gasteiger partial charge in [-0.25, -0.2) is 4.98 Å². The number of hydrogen-bond donors (Lipinski definition) is 1. The molecule has 0 fully saturated rings. The number of nitrogens with zero attached hydrogens (tertiary/aromatic N) is 3. The van der Waals surface area contributed by atoms with Crippen molar-refractivity contribution in [3.8, 4) is 50.5 Å². The predicted octanol–water partition coefficient (Wildman–Crippen LogP) is 12.9. The maximum Gasteiger partial charge on any atom is 0.138 e. The number of pyridine rings is 2. The summed E-state index contributed by atoms with van der Waals surface area (Å²) in [5.74, 6) is 0.994. The van der Waals surface area contributed by atoms with Crippen LogP contribution in [-0.4, -0.2) is 15.1 Å². The van der Waals surface area contributed by atoms with Gasteiger partial charge in [-0.2, -0.15) is 0 Å². The Morgan fingerprint density at radius 3 is 1.83 bits per heavy atom. The molecule has 5 aromatic carbocycles. The molecule has 2 heterocycles. The van der Waals surface area contributed by atoms with E-state index >= 15 is 0 Å². The Kier molecular flexibility index (Phi) is 9.25. The van der Waals surface area contributed by atoms with Crippen molar-refractivity contribution in [3.05, 3.63) is 169 Å². The van der Waals surface area contributed by atoms with Crippen LogP contribution < -0.4 is 4.90 Å². The number of benzene rings is 5. The molecule has 4 heteroatoms. The third-order valence-corrected chi connectivity index (χ3v) is 9.50. The van der Waals surface area contributed by atoms with E-state index in [2.05, 4.69) is 173 Å². The lowest BCUT2D eigenvalue weighted by Crippen LogP contribution is -2.17. The van der Waals surface area contributed by atoms with Crippen molar-refractivity contribution in [2.75, 3.05) is 4.90 Å². The Morgan fingerprint density at radius 2 is 1.15 bits per heavy atom. The molecule has 0 atom stereocenters. The average Bonchev–Trinajstić information content (AvgIpc) is 3.15. The lowest BCUT2D eigenvalue weighted by atomic mass is 9.78. The summed E-state index contributed by atoms with van der Waals surface area (Å²) in [6, 6.07) is 52.3. The Bertz CT molecular complexity index is 2320. The summed E-state index contributed by atoms with van der Waals surface area (Å²) in [5.41, 5.74) is 11.1. The van der Waals surface area contributed by atoms with Crippen LogP contribution in [0.15, 0.2) is 158 Å². The molecule has 0 aliphatic rings. The first kappa shape index (κ1) is 34.4. The van der Waals surface area contributed by atoms with E-state index in [1.807, 2.05) is 36.5 Å². The highest BCUT2D eigenvalue weighted by Crippen LogP contribution is 2.46. The minimum atomic E-state index is -0.285. The van der Waals surface area contributed by atoms with Crippen molar-refractivity contribution in [1.29, 1.82) is 0 Å². The number of aromatic hydroxyl groups is 1. The van der Waals surface area contributed by atoms with Crippen LogP contribution in [0.3, 0.4) is 0 Å². The molecule has 0 saturated heterocycles. The molecular weight excluding hydrogens is 635 g/mol. The molecule has 7 rings (SSSR count). The van der Waals surface area contributed by atoms with Gasteiger partial charge in [0.1, 0.15) is 11.6 Å². The first-order chi connectivity index (χ1) is 25.0. The Morgan fingerprint density at radius 1 is 0.500 bits per heavy atom. The fourth-order valence-corrected chi connectivity index (χ4v) is 6.66. The second-order valence-corrected chi connectivity index (χ2v) is 15.4. The number of para-hydroxylation sites is 1. The molecular formula is C48H45N3O. The molecule has 0 spiro atoms. The summed E-state index contributed by atoms with van der Waals surface area (Å²) in [5, 5.41) is 12.1. The number of aromatic nitrogens is 2. The number of phenols is 1. The smallest absolute Gasteiger partial charge is 0.138 e. The molecule has 1 N–H and O–H groups in total. The van der Waals surface area contributed by atoms with Crippen LogP contribution in [0, 0.1) is 0 Å². The van der Waals surface area contributed by atoms with E-state index in [-0.39, 0.29) is 16.6 Å². The summed E-state index contributed by atoms with van der Waals surface area (Å²) in [6.07, 6.45) is 1.83. The molecule has 0 unspecified atom stereocenters. The van der Waals surface area contributed by atoms with E-state index in [0.717, 1.165) is 67.4 Å². The Hall–Kier alpha value is -6.00. The van der Waals surface area contributed by atoms with Crippen molar-refractivity contribution < 1.29 is 5.11 Å². The summed E-state index contributed by atoms with van der Waals surface area (Å²) in [6.45, 7) is 13.1. The zero-order chi connectivity index (χ0) is 36.5. The maximum atomic E-state index is 12.1. The third-order valence-electron chi connectivity index (χ3n) is 9.50. The third kappa shape index (κ3) is 7.11. The second kappa shape index (κ2) is 14.0. The minimum Gasteiger partial charge on any atom is -0.507 e. The number of hydrogen-bond acceptors (Lipinski definition) is 4. The van der Waals surface area contributed by atoms with Gasteiger partial charge < -0.3 is 5.11 Å². The fourth-order valence-electron chi connectivity index (χ4n) is 6.66. The lowest BCUT2D eigenvalue weighted by Gasteiger charge is -2.29. The lowest BCUT2D eigenvalue weighted by molar-refractivity contribution is 0.446. The standard InChI is InChI=1S/C48H45N3O/c1-47(2,3)37-31-40(46(52)41(32-37)48(4,5)6)43-29-36(33-18-9-7-10-19-33)30-45(50-43)51(38-23-17-22-35(28-38)42-25-15-16-27-49-42)44-26-14-13-24-39(44)34-20-11-8-12-21-34/h7-32,52H,1-6H3. The van der Waals surface area contributed by atoms with Crippen molar-refractivity contribution in [2.24, 2.45) is 0 Å². The molecule has 0 saturated carbocycles. The first-order valence-corrected chi connectivity index (χ1v) is 17.9. The summed E-state index contributed by atoms with van der Waals surface area (Å²) in [7, 11) is 0. The largest absolute Gasteiger partial charge is 0.507 e. The maximum absolute atomic E-state index is 12.1. The Labute approximate surface area is 308 Å². The SMILES string of the molecule is CC(C)(C)c1cc(-c2cc(-c3ccccc3)cc(N(c3cccc(-c4ccccn4)c3)c3ccccc3-c3ccccc3)n2)c(O)c(C(C)(C)C)c1. The van der Waals surface area contributed by atoms with Gasteiger partial charge in [-0.15, -0.1) is 0 Å². The van der Waals surface area contributed by atoms with Gasteiger partial charge in [0, 0.05) is 34.1 Å². The molecule has 0 radical (unpaired) electrons. The van der Waals surface area contributed by atoms with Crippen LogP contribution >= 0.6 is 0 Å². The quantitative estimate of drug-likeness (QED) is 0.182. The highest BCUT2D eigenvalue weighted by atomic mass is 16.3. The fraction of sp³-hybridized carbons (Fsp3) is 0.167. The molecule has 0 aliphatic heterocycles. The highest BCUT2D eigenvalue weighted by molar-refractivity contribution is 5.90. The normalized spacial score (nSPS) is 11.7. The zero-order valence-corrected chi connectivity index (χ0v) is 30.8. The molecule has 0 aliphatic carbocycles. The van der Waals surface area contributed by atoms with Crippen LogP contribution in [0.2, 0.25) is 0 Å². The zero-order valence-electron chi connectivity index (χ0n) is 30.8. The molecule has 52 heavy (non-hydrogen) atoms. The monoisotopic (exact) mass is 679 g/mol. The molecule has 0 amide bonds. The number of phenolic OH excluding ortho intramolecular Hbond substituents is 1. The molecule has 2 aromatic heterocycles. The molecule has 0 bridgehead atoms. The van der Waals surface area contributed by atoms with Gasteiger partial charge in [0.15, 0.2) is 0 Å². The summed E-state index contributed by atoms with van der Waals surface area (Å²) >= 11 is 0. The van der Waals surface area contributed by atoms with Gasteiger partial charge >= 0.3 is 0 Å². The summed E-state index contributed by atoms with van der Waals surface area (Å²) < 4.78 is 0. The van der Waals surface area contributed by atoms with E-state index in [1.165, 1.54) is 0 Å². The van der Waals surface area contributed by atoms with Gasteiger partial charge in [-0.05, 0) is 81.6 Å². The van der Waals surface area contributed by atoms with E-state index < -0.39 is 0 Å². The van der Waals surface area contributed by atoms with E-state index in [4.69, 9.17) is 4.98 Å². The second-order valence-electron chi connectivity index (χ2n) is 15.4. The number of anilines is 3. The number of rotatable bonds is 7. The van der Waals surface area contributed by atoms with Gasteiger partial charge in [-0.1, -0.05) is 145 Å².